The van der Waals surface area contributed by atoms with Gasteiger partial charge in [0, 0.05) is 6.42 Å². The molecule has 0 aromatic rings. The number of hydrogen-bond acceptors (Lipinski definition) is 2. The van der Waals surface area contributed by atoms with Crippen molar-refractivity contribution in [3.05, 3.63) is 11.8 Å². The molecule has 0 aliphatic heterocycles. The van der Waals surface area contributed by atoms with Crippen LogP contribution in [0, 0.1) is 0 Å². The van der Waals surface area contributed by atoms with Gasteiger partial charge in [0.1, 0.15) is 5.76 Å². The van der Waals surface area contributed by atoms with Crippen LogP contribution in [0.2, 0.25) is 0 Å². The largest absolute Gasteiger partial charge is 0.345 e. The molecule has 0 aromatic heterocycles. The number of hydrogen-bond donors (Lipinski definition) is 1. The zero-order chi connectivity index (χ0) is 6.41. The van der Waals surface area contributed by atoms with E-state index >= 15 is 0 Å². The molecule has 2 heteroatoms. The van der Waals surface area contributed by atoms with Gasteiger partial charge in [0.25, 0.3) is 0 Å². The van der Waals surface area contributed by atoms with Crippen molar-refractivity contribution in [3.8, 4) is 0 Å². The van der Waals surface area contributed by atoms with Crippen LogP contribution in [-0.4, -0.2) is 5.26 Å². The van der Waals surface area contributed by atoms with Crippen LogP contribution in [-0.2, 0) is 4.89 Å². The van der Waals surface area contributed by atoms with Crippen LogP contribution in [0.1, 0.15) is 26.7 Å². The van der Waals surface area contributed by atoms with Crippen LogP contribution >= 0.6 is 0 Å². The third-order valence-corrected chi connectivity index (χ3v) is 0.898. The van der Waals surface area contributed by atoms with Gasteiger partial charge in [0.15, 0.2) is 0 Å². The van der Waals surface area contributed by atoms with Crippen molar-refractivity contribution < 1.29 is 10.1 Å². The first-order valence-electron chi connectivity index (χ1n) is 2.85. The summed E-state index contributed by atoms with van der Waals surface area (Å²) in [7, 11) is 0. The normalized spacial score (nSPS) is 11.6. The van der Waals surface area contributed by atoms with E-state index in [0.717, 1.165) is 12.8 Å². The van der Waals surface area contributed by atoms with Crippen molar-refractivity contribution in [1.29, 1.82) is 0 Å². The summed E-state index contributed by atoms with van der Waals surface area (Å²) in [5, 5.41) is 8.09. The van der Waals surface area contributed by atoms with E-state index in [9.17, 15) is 0 Å². The zero-order valence-corrected chi connectivity index (χ0v) is 5.35. The zero-order valence-electron chi connectivity index (χ0n) is 5.35. The molecule has 0 atom stereocenters. The van der Waals surface area contributed by atoms with Gasteiger partial charge < -0.3 is 4.89 Å². The monoisotopic (exact) mass is 116 g/mol. The highest BCUT2D eigenvalue weighted by Crippen LogP contribution is 2.00. The molecule has 0 unspecified atom stereocenters. The van der Waals surface area contributed by atoms with E-state index in [2.05, 4.69) is 4.89 Å². The Bertz CT molecular complexity index is 70.6. The Morgan fingerprint density at radius 3 is 2.38 bits per heavy atom. The van der Waals surface area contributed by atoms with Gasteiger partial charge in [-0.1, -0.05) is 13.8 Å². The van der Waals surface area contributed by atoms with E-state index in [4.69, 9.17) is 5.26 Å². The summed E-state index contributed by atoms with van der Waals surface area (Å²) in [6.07, 6.45) is 3.51. The van der Waals surface area contributed by atoms with Crippen molar-refractivity contribution in [2.24, 2.45) is 0 Å². The Hall–Kier alpha value is -0.500. The van der Waals surface area contributed by atoms with Gasteiger partial charge >= 0.3 is 0 Å². The van der Waals surface area contributed by atoms with Crippen LogP contribution in [0.25, 0.3) is 0 Å². The van der Waals surface area contributed by atoms with Crippen LogP contribution < -0.4 is 0 Å². The van der Waals surface area contributed by atoms with Crippen LogP contribution in [0.3, 0.4) is 0 Å². The SMILES string of the molecule is CC/C=C(\CC)OO. The Kier molecular flexibility index (Phi) is 4.36. The molecule has 0 amide bonds. The molecule has 0 aromatic carbocycles. The van der Waals surface area contributed by atoms with Gasteiger partial charge in [-0.2, -0.15) is 0 Å². The van der Waals surface area contributed by atoms with Gasteiger partial charge in [-0.3, -0.25) is 0 Å². The second kappa shape index (κ2) is 4.65. The smallest absolute Gasteiger partial charge is 0.137 e. The summed E-state index contributed by atoms with van der Waals surface area (Å²) in [4.78, 5) is 4.00. The maximum absolute atomic E-state index is 8.09. The Labute approximate surface area is 49.7 Å². The summed E-state index contributed by atoms with van der Waals surface area (Å²) in [6, 6.07) is 0. The highest BCUT2D eigenvalue weighted by molar-refractivity contribution is 4.89. The fourth-order valence-corrected chi connectivity index (χ4v) is 0.474. The number of rotatable bonds is 3. The molecule has 0 aliphatic carbocycles. The molecule has 8 heavy (non-hydrogen) atoms. The lowest BCUT2D eigenvalue weighted by molar-refractivity contribution is -0.205. The van der Waals surface area contributed by atoms with E-state index in [1.807, 2.05) is 19.9 Å². The first-order chi connectivity index (χ1) is 3.85. The van der Waals surface area contributed by atoms with E-state index in [1.165, 1.54) is 0 Å². The topological polar surface area (TPSA) is 29.5 Å². The molecule has 0 saturated carbocycles. The molecule has 0 rings (SSSR count). The average molecular weight is 116 g/mol. The Balaban J connectivity index is 3.49. The van der Waals surface area contributed by atoms with Gasteiger partial charge in [-0.15, -0.1) is 0 Å². The van der Waals surface area contributed by atoms with Crippen molar-refractivity contribution >= 4 is 0 Å². The molecule has 0 radical (unpaired) electrons. The lowest BCUT2D eigenvalue weighted by Gasteiger charge is -1.95. The quantitative estimate of drug-likeness (QED) is 0.348. The Morgan fingerprint density at radius 1 is 1.62 bits per heavy atom. The minimum absolute atomic E-state index is 0.646. The van der Waals surface area contributed by atoms with Gasteiger partial charge in [0.05, 0.1) is 0 Å². The molecular formula is C6H12O2. The lowest BCUT2D eigenvalue weighted by Crippen LogP contribution is -1.82. The molecular weight excluding hydrogens is 104 g/mol. The predicted octanol–water partition coefficient (Wildman–Crippen LogP) is 2.18. The summed E-state index contributed by atoms with van der Waals surface area (Å²) in [6.45, 7) is 3.92. The lowest BCUT2D eigenvalue weighted by atomic mass is 10.3. The highest BCUT2D eigenvalue weighted by atomic mass is 17.1. The van der Waals surface area contributed by atoms with Crippen LogP contribution in [0.15, 0.2) is 11.8 Å². The first kappa shape index (κ1) is 7.50. The van der Waals surface area contributed by atoms with Crippen molar-refractivity contribution in [2.75, 3.05) is 0 Å². The predicted molar refractivity (Wildman–Crippen MR) is 32.4 cm³/mol. The summed E-state index contributed by atoms with van der Waals surface area (Å²) >= 11 is 0. The fraction of sp³-hybridized carbons (Fsp3) is 0.667. The molecule has 2 nitrogen and oxygen atoms in total. The van der Waals surface area contributed by atoms with Crippen LogP contribution in [0.4, 0.5) is 0 Å². The molecule has 0 fully saturated rings. The van der Waals surface area contributed by atoms with E-state index < -0.39 is 0 Å². The first-order valence-corrected chi connectivity index (χ1v) is 2.85. The van der Waals surface area contributed by atoms with E-state index in [1.54, 1.807) is 0 Å². The highest BCUT2D eigenvalue weighted by Gasteiger charge is 1.88. The second-order valence-electron chi connectivity index (χ2n) is 1.52. The second-order valence-corrected chi connectivity index (χ2v) is 1.52. The molecule has 0 heterocycles. The molecule has 0 bridgehead atoms. The van der Waals surface area contributed by atoms with E-state index in [0.29, 0.717) is 5.76 Å². The third kappa shape index (κ3) is 2.64. The van der Waals surface area contributed by atoms with Crippen molar-refractivity contribution in [2.45, 2.75) is 26.7 Å². The minimum Gasteiger partial charge on any atom is -0.345 e. The van der Waals surface area contributed by atoms with Gasteiger partial charge in [-0.25, -0.2) is 5.26 Å². The molecule has 0 saturated heterocycles. The number of allylic oxidation sites excluding steroid dienone is 2. The molecule has 1 N–H and O–H groups in total. The van der Waals surface area contributed by atoms with E-state index in [-0.39, 0.29) is 0 Å². The average Bonchev–Trinajstić information content (AvgIpc) is 1.83. The van der Waals surface area contributed by atoms with Crippen molar-refractivity contribution in [3.63, 3.8) is 0 Å². The summed E-state index contributed by atoms with van der Waals surface area (Å²) in [5.74, 6) is 0.646. The Morgan fingerprint density at radius 2 is 2.25 bits per heavy atom. The summed E-state index contributed by atoms with van der Waals surface area (Å²) in [5.41, 5.74) is 0. The molecule has 48 valence electrons. The third-order valence-electron chi connectivity index (χ3n) is 0.898. The van der Waals surface area contributed by atoms with Crippen molar-refractivity contribution in [1.82, 2.24) is 0 Å². The summed E-state index contributed by atoms with van der Waals surface area (Å²) < 4.78 is 0. The van der Waals surface area contributed by atoms with Gasteiger partial charge in [0.2, 0.25) is 0 Å². The maximum Gasteiger partial charge on any atom is 0.137 e. The maximum atomic E-state index is 8.09. The standard InChI is InChI=1S/C6H12O2/c1-3-5-6(4-2)8-7/h5,7H,3-4H2,1-2H3/b6-5+. The fourth-order valence-electron chi connectivity index (χ4n) is 0.474. The molecule has 0 aliphatic rings. The van der Waals surface area contributed by atoms with Gasteiger partial charge in [-0.05, 0) is 12.5 Å². The van der Waals surface area contributed by atoms with Crippen LogP contribution in [0.5, 0.6) is 0 Å². The molecule has 0 spiro atoms. The minimum atomic E-state index is 0.646.